The highest BCUT2D eigenvalue weighted by Crippen LogP contribution is 2.30. The molecule has 0 saturated carbocycles. The van der Waals surface area contributed by atoms with Crippen molar-refractivity contribution in [1.29, 1.82) is 0 Å². The van der Waals surface area contributed by atoms with Crippen LogP contribution >= 0.6 is 0 Å². The Morgan fingerprint density at radius 2 is 0.903 bits per heavy atom. The van der Waals surface area contributed by atoms with Crippen molar-refractivity contribution < 1.29 is 5.11 Å². The van der Waals surface area contributed by atoms with Gasteiger partial charge in [-0.15, -0.1) is 0 Å². The molecule has 0 aliphatic carbocycles. The molecule has 1 N–H and O–H groups in total. The largest absolute Gasteiger partial charge is 0.507 e. The highest BCUT2D eigenvalue weighted by Gasteiger charge is 2.16. The molecule has 1 rings (SSSR count). The van der Waals surface area contributed by atoms with Crippen molar-refractivity contribution in [2.24, 2.45) is 0 Å². The molecule has 0 spiro atoms. The van der Waals surface area contributed by atoms with Crippen LogP contribution in [-0.4, -0.2) is 54.2 Å². The standard InChI is InChI=1S/C28H52N2O/c1-7-11-17-29(18-12-8-2)21-15-26-24(5)23-25(6)27(28(26)31)16-22-30(19-13-9-3)20-14-10-4/h23,31H,7-22H2,1-6H3. The second-order valence-corrected chi connectivity index (χ2v) is 9.41. The molecule has 0 saturated heterocycles. The van der Waals surface area contributed by atoms with Crippen molar-refractivity contribution in [2.75, 3.05) is 39.3 Å². The molecule has 31 heavy (non-hydrogen) atoms. The molecule has 0 aliphatic rings. The van der Waals surface area contributed by atoms with Gasteiger partial charge in [-0.2, -0.15) is 0 Å². The molecule has 3 nitrogen and oxygen atoms in total. The summed E-state index contributed by atoms with van der Waals surface area (Å²) in [6, 6.07) is 2.30. The highest BCUT2D eigenvalue weighted by molar-refractivity contribution is 5.49. The SMILES string of the molecule is CCCCN(CCCC)CCc1c(C)cc(C)c(CCN(CCCC)CCCC)c1O. The van der Waals surface area contributed by atoms with Crippen LogP contribution in [0.25, 0.3) is 0 Å². The molecular weight excluding hydrogens is 380 g/mol. The Labute approximate surface area is 194 Å². The molecule has 0 unspecified atom stereocenters. The maximum absolute atomic E-state index is 11.2. The molecule has 180 valence electrons. The molecular formula is C28H52N2O. The van der Waals surface area contributed by atoms with Crippen LogP contribution in [0.4, 0.5) is 0 Å². The van der Waals surface area contributed by atoms with E-state index in [2.05, 4.69) is 57.4 Å². The number of aromatic hydroxyl groups is 1. The molecule has 0 bridgehead atoms. The second kappa shape index (κ2) is 16.6. The third-order valence-electron chi connectivity index (χ3n) is 6.62. The minimum atomic E-state index is 0.578. The maximum Gasteiger partial charge on any atom is 0.122 e. The van der Waals surface area contributed by atoms with Gasteiger partial charge in [-0.25, -0.2) is 0 Å². The van der Waals surface area contributed by atoms with Crippen molar-refractivity contribution in [3.63, 3.8) is 0 Å². The Hall–Kier alpha value is -1.06. The van der Waals surface area contributed by atoms with Crippen LogP contribution < -0.4 is 0 Å². The maximum atomic E-state index is 11.2. The molecule has 0 radical (unpaired) electrons. The molecule has 0 aliphatic heterocycles. The lowest BCUT2D eigenvalue weighted by Crippen LogP contribution is -2.29. The number of aryl methyl sites for hydroxylation is 2. The molecule has 0 amide bonds. The molecule has 3 heteroatoms. The quantitative estimate of drug-likeness (QED) is 0.273. The summed E-state index contributed by atoms with van der Waals surface area (Å²) >= 11 is 0. The predicted octanol–water partition coefficient (Wildman–Crippen LogP) is 6.90. The fraction of sp³-hybridized carbons (Fsp3) is 0.786. The lowest BCUT2D eigenvalue weighted by atomic mass is 9.94. The van der Waals surface area contributed by atoms with Crippen LogP contribution in [0.1, 0.15) is 101 Å². The average molecular weight is 433 g/mol. The summed E-state index contributed by atoms with van der Waals surface area (Å²) in [6.45, 7) is 20.2. The minimum Gasteiger partial charge on any atom is -0.507 e. The zero-order valence-corrected chi connectivity index (χ0v) is 21.7. The van der Waals surface area contributed by atoms with Gasteiger partial charge in [0.15, 0.2) is 0 Å². The Bertz CT molecular complexity index is 535. The minimum absolute atomic E-state index is 0.578. The lowest BCUT2D eigenvalue weighted by Gasteiger charge is -2.25. The number of nitrogens with zero attached hydrogens (tertiary/aromatic N) is 2. The van der Waals surface area contributed by atoms with E-state index in [1.807, 2.05) is 0 Å². The van der Waals surface area contributed by atoms with Gasteiger partial charge in [0.05, 0.1) is 0 Å². The first-order valence-electron chi connectivity index (χ1n) is 13.2. The Balaban J connectivity index is 2.87. The number of benzene rings is 1. The first-order valence-corrected chi connectivity index (χ1v) is 13.2. The first kappa shape index (κ1) is 28.0. The third-order valence-corrected chi connectivity index (χ3v) is 6.62. The van der Waals surface area contributed by atoms with Gasteiger partial charge in [0.2, 0.25) is 0 Å². The van der Waals surface area contributed by atoms with E-state index >= 15 is 0 Å². The van der Waals surface area contributed by atoms with Crippen LogP contribution in [0.5, 0.6) is 5.75 Å². The van der Waals surface area contributed by atoms with Crippen LogP contribution in [0.15, 0.2) is 6.07 Å². The zero-order chi connectivity index (χ0) is 23.1. The number of rotatable bonds is 18. The van der Waals surface area contributed by atoms with Crippen molar-refractivity contribution in [2.45, 2.75) is 106 Å². The summed E-state index contributed by atoms with van der Waals surface area (Å²) in [6.07, 6.45) is 11.9. The number of hydrogen-bond acceptors (Lipinski definition) is 3. The van der Waals surface area contributed by atoms with Crippen LogP contribution in [-0.2, 0) is 12.8 Å². The van der Waals surface area contributed by atoms with Gasteiger partial charge in [-0.05, 0) is 101 Å². The van der Waals surface area contributed by atoms with E-state index in [1.165, 1.54) is 99.8 Å². The molecule has 0 fully saturated rings. The highest BCUT2D eigenvalue weighted by atomic mass is 16.3. The Kier molecular flexibility index (Phi) is 14.9. The van der Waals surface area contributed by atoms with E-state index in [9.17, 15) is 5.11 Å². The van der Waals surface area contributed by atoms with E-state index in [1.54, 1.807) is 0 Å². The molecule has 0 aromatic heterocycles. The van der Waals surface area contributed by atoms with Crippen molar-refractivity contribution >= 4 is 0 Å². The topological polar surface area (TPSA) is 26.7 Å². The van der Waals surface area contributed by atoms with Gasteiger partial charge in [0.25, 0.3) is 0 Å². The van der Waals surface area contributed by atoms with Gasteiger partial charge in [0.1, 0.15) is 5.75 Å². The van der Waals surface area contributed by atoms with E-state index in [4.69, 9.17) is 0 Å². The fourth-order valence-electron chi connectivity index (χ4n) is 4.42. The smallest absolute Gasteiger partial charge is 0.122 e. The van der Waals surface area contributed by atoms with Crippen LogP contribution in [0, 0.1) is 13.8 Å². The van der Waals surface area contributed by atoms with Crippen LogP contribution in [0.3, 0.4) is 0 Å². The summed E-state index contributed by atoms with van der Waals surface area (Å²) in [7, 11) is 0. The second-order valence-electron chi connectivity index (χ2n) is 9.41. The number of hydrogen-bond donors (Lipinski definition) is 1. The van der Waals surface area contributed by atoms with Gasteiger partial charge >= 0.3 is 0 Å². The van der Waals surface area contributed by atoms with E-state index in [0.29, 0.717) is 5.75 Å². The van der Waals surface area contributed by atoms with Crippen molar-refractivity contribution in [3.05, 3.63) is 28.3 Å². The number of phenolic OH excluding ortho intramolecular Hbond substituents is 1. The summed E-state index contributed by atoms with van der Waals surface area (Å²) in [5.41, 5.74) is 4.84. The van der Waals surface area contributed by atoms with Crippen molar-refractivity contribution in [1.82, 2.24) is 9.80 Å². The molecule has 0 heterocycles. The summed E-state index contributed by atoms with van der Waals surface area (Å²) in [5, 5.41) is 11.2. The normalized spacial score (nSPS) is 11.7. The van der Waals surface area contributed by atoms with Gasteiger partial charge in [0, 0.05) is 13.1 Å². The summed E-state index contributed by atoms with van der Waals surface area (Å²) < 4.78 is 0. The Morgan fingerprint density at radius 1 is 0.581 bits per heavy atom. The van der Waals surface area contributed by atoms with Gasteiger partial charge in [-0.3, -0.25) is 0 Å². The lowest BCUT2D eigenvalue weighted by molar-refractivity contribution is 0.265. The molecule has 0 atom stereocenters. The average Bonchev–Trinajstić information content (AvgIpc) is 2.75. The summed E-state index contributed by atoms with van der Waals surface area (Å²) in [5.74, 6) is 0.578. The third kappa shape index (κ3) is 10.4. The fourth-order valence-corrected chi connectivity index (χ4v) is 4.42. The van der Waals surface area contributed by atoms with E-state index in [0.717, 1.165) is 25.9 Å². The van der Waals surface area contributed by atoms with E-state index < -0.39 is 0 Å². The number of unbranched alkanes of at least 4 members (excludes halogenated alkanes) is 4. The summed E-state index contributed by atoms with van der Waals surface area (Å²) in [4.78, 5) is 5.20. The number of phenols is 1. The molecule has 1 aromatic carbocycles. The molecule has 1 aromatic rings. The van der Waals surface area contributed by atoms with E-state index in [-0.39, 0.29) is 0 Å². The zero-order valence-electron chi connectivity index (χ0n) is 21.7. The Morgan fingerprint density at radius 3 is 1.19 bits per heavy atom. The monoisotopic (exact) mass is 432 g/mol. The van der Waals surface area contributed by atoms with Crippen LogP contribution in [0.2, 0.25) is 0 Å². The first-order chi connectivity index (χ1) is 15.0. The van der Waals surface area contributed by atoms with Gasteiger partial charge < -0.3 is 14.9 Å². The van der Waals surface area contributed by atoms with Crippen molar-refractivity contribution in [3.8, 4) is 5.75 Å². The van der Waals surface area contributed by atoms with Gasteiger partial charge in [-0.1, -0.05) is 59.4 Å². The predicted molar refractivity (Wildman–Crippen MR) is 138 cm³/mol.